The first kappa shape index (κ1) is 58.8. The number of benzene rings is 3. The highest BCUT2D eigenvalue weighted by Gasteiger charge is 2.40. The predicted octanol–water partition coefficient (Wildman–Crippen LogP) is 8.01. The van der Waals surface area contributed by atoms with Gasteiger partial charge >= 0.3 is 24.1 Å². The van der Waals surface area contributed by atoms with E-state index < -0.39 is 18.2 Å². The summed E-state index contributed by atoms with van der Waals surface area (Å²) in [7, 11) is 4.16. The minimum atomic E-state index is -0.806. The van der Waals surface area contributed by atoms with Gasteiger partial charge < -0.3 is 24.1 Å². The first-order valence-corrected chi connectivity index (χ1v) is 22.7. The normalized spacial score (nSPS) is 15.6. The van der Waals surface area contributed by atoms with Crippen LogP contribution >= 0.6 is 15.9 Å². The van der Waals surface area contributed by atoms with Crippen molar-refractivity contribution in [3.8, 4) is 0 Å². The van der Waals surface area contributed by atoms with Crippen LogP contribution in [0.25, 0.3) is 0 Å². The van der Waals surface area contributed by atoms with Gasteiger partial charge in [-0.3, -0.25) is 19.2 Å². The number of ether oxygens (including phenoxy) is 4. The Balaban J connectivity index is 0.000000440. The van der Waals surface area contributed by atoms with Gasteiger partial charge in [0.1, 0.15) is 18.5 Å². The van der Waals surface area contributed by atoms with Crippen LogP contribution in [0.3, 0.4) is 0 Å². The van der Waals surface area contributed by atoms with Crippen molar-refractivity contribution in [3.05, 3.63) is 108 Å². The maximum atomic E-state index is 12.5. The van der Waals surface area contributed by atoms with E-state index in [1.54, 1.807) is 20.8 Å². The number of rotatable bonds is 20. The van der Waals surface area contributed by atoms with Gasteiger partial charge in [-0.15, -0.1) is 0 Å². The molecule has 4 atom stereocenters. The van der Waals surface area contributed by atoms with Crippen LogP contribution in [0.4, 0.5) is 9.59 Å². The molecule has 0 spiro atoms. The summed E-state index contributed by atoms with van der Waals surface area (Å²) in [5, 5.41) is 8.67. The van der Waals surface area contributed by atoms with Crippen molar-refractivity contribution >= 4 is 51.9 Å². The molecule has 0 aliphatic carbocycles. The number of esters is 1. The maximum Gasteiger partial charge on any atom is 0.416 e. The van der Waals surface area contributed by atoms with Gasteiger partial charge in [0.15, 0.2) is 0 Å². The fourth-order valence-electron chi connectivity index (χ4n) is 5.80. The van der Waals surface area contributed by atoms with Crippen molar-refractivity contribution in [2.45, 2.75) is 84.9 Å². The van der Waals surface area contributed by atoms with E-state index in [-0.39, 0.29) is 53.6 Å². The zero-order valence-corrected chi connectivity index (χ0v) is 40.7. The standard InChI is InChI=1S/C16H21NO5.C13H15NO3.C10H14O.C6H12O4.C3H5BrO2/c1-12(8-9-22-20-2)15(18)17-14(11-21-16(17)19)10-13-6-4-3-5-7-13;1-2-12(15)14-11(9-17-13(14)16)8-10-6-4-3-5-7-10;1-2-8-11-9-10-6-4-3-5-7-10;1-5(6(7)8)3-4-10-9-2;1-6-3(5)2-4/h3-7,12,14H,8-11H2,1-2H3;3-7,11H,2,8-9H2,1H3;3-7H,2,8-9H2,1H3;5H,3-4H2,1-2H3,(H,7,8);2H2,1H3. The molecule has 66 heavy (non-hydrogen) atoms. The number of carbonyl (C=O) groups excluding carboxylic acids is 5. The van der Waals surface area contributed by atoms with Gasteiger partial charge in [-0.05, 0) is 48.8 Å². The molecule has 3 aromatic carbocycles. The molecular weight excluding hydrogens is 924 g/mol. The zero-order valence-electron chi connectivity index (χ0n) is 39.1. The highest BCUT2D eigenvalue weighted by Crippen LogP contribution is 2.21. The second-order valence-electron chi connectivity index (χ2n) is 14.6. The molecule has 2 aliphatic heterocycles. The van der Waals surface area contributed by atoms with E-state index in [1.165, 1.54) is 36.7 Å². The third-order valence-electron chi connectivity index (χ3n) is 9.50. The van der Waals surface area contributed by atoms with Gasteiger partial charge in [-0.25, -0.2) is 38.9 Å². The number of nitrogens with zero attached hydrogens (tertiary/aromatic N) is 2. The molecular formula is C48H67BrN2O15. The molecule has 2 heterocycles. The van der Waals surface area contributed by atoms with Crippen LogP contribution in [-0.4, -0.2) is 123 Å². The monoisotopic (exact) mass is 990 g/mol. The SMILES string of the molecule is CCC(=O)N1C(=O)OCC1Cc1ccccc1.CCCOCc1ccccc1.COC(=O)CBr.COOCCC(C)C(=O)N1C(=O)OCC1Cc1ccccc1.COOCCC(C)C(=O)O. The van der Waals surface area contributed by atoms with E-state index in [2.05, 4.69) is 54.4 Å². The van der Waals surface area contributed by atoms with Gasteiger partial charge in [0.05, 0.1) is 59.2 Å². The van der Waals surface area contributed by atoms with Crippen molar-refractivity contribution in [2.75, 3.05) is 59.7 Å². The van der Waals surface area contributed by atoms with Crippen LogP contribution in [-0.2, 0) is 77.1 Å². The van der Waals surface area contributed by atoms with E-state index >= 15 is 0 Å². The lowest BCUT2D eigenvalue weighted by atomic mass is 10.0. The number of imide groups is 2. The molecule has 2 aliphatic rings. The minimum absolute atomic E-state index is 0.169. The van der Waals surface area contributed by atoms with Crippen LogP contribution in [0.1, 0.15) is 70.1 Å². The lowest BCUT2D eigenvalue weighted by Gasteiger charge is -2.22. The van der Waals surface area contributed by atoms with Crippen molar-refractivity contribution < 1.29 is 72.4 Å². The number of methoxy groups -OCH3 is 1. The molecule has 17 nitrogen and oxygen atoms in total. The maximum absolute atomic E-state index is 12.5. The van der Waals surface area contributed by atoms with Crippen molar-refractivity contribution in [3.63, 3.8) is 0 Å². The number of cyclic esters (lactones) is 2. The number of hydrogen-bond acceptors (Lipinski definition) is 14. The molecule has 0 aromatic heterocycles. The van der Waals surface area contributed by atoms with Gasteiger partial charge in [-0.1, -0.05) is 135 Å². The molecule has 366 valence electrons. The smallest absolute Gasteiger partial charge is 0.416 e. The molecule has 2 saturated heterocycles. The Bertz CT molecular complexity index is 1800. The zero-order chi connectivity index (χ0) is 49.1. The summed E-state index contributed by atoms with van der Waals surface area (Å²) in [6, 6.07) is 29.4. The summed E-state index contributed by atoms with van der Waals surface area (Å²) in [4.78, 5) is 88.1. The minimum Gasteiger partial charge on any atom is -0.481 e. The topological polar surface area (TPSA) is 203 Å². The van der Waals surface area contributed by atoms with E-state index in [0.717, 1.165) is 30.8 Å². The highest BCUT2D eigenvalue weighted by molar-refractivity contribution is 9.09. The molecule has 0 radical (unpaired) electrons. The van der Waals surface area contributed by atoms with Crippen LogP contribution in [0.5, 0.6) is 0 Å². The first-order chi connectivity index (χ1) is 31.8. The second kappa shape index (κ2) is 35.9. The van der Waals surface area contributed by atoms with Gasteiger partial charge in [0.25, 0.3) is 0 Å². The van der Waals surface area contributed by atoms with Crippen LogP contribution < -0.4 is 0 Å². The lowest BCUT2D eigenvalue weighted by Crippen LogP contribution is -2.43. The number of carboxylic acids is 1. The highest BCUT2D eigenvalue weighted by atomic mass is 79.9. The van der Waals surface area contributed by atoms with Crippen LogP contribution in [0.15, 0.2) is 91.0 Å². The number of carboxylic acid groups (broad SMARTS) is 1. The summed E-state index contributed by atoms with van der Waals surface area (Å²) in [6.45, 7) is 10.0. The van der Waals surface area contributed by atoms with Gasteiger partial charge in [0, 0.05) is 18.9 Å². The van der Waals surface area contributed by atoms with Crippen molar-refractivity contribution in [1.29, 1.82) is 0 Å². The summed E-state index contributed by atoms with van der Waals surface area (Å²) < 4.78 is 19.6. The number of hydrogen-bond donors (Lipinski definition) is 1. The number of aliphatic carboxylic acids is 1. The molecule has 0 bridgehead atoms. The molecule has 5 rings (SSSR count). The number of amides is 4. The number of halogens is 1. The van der Waals surface area contributed by atoms with E-state index in [4.69, 9.17) is 24.2 Å². The third kappa shape index (κ3) is 24.3. The largest absolute Gasteiger partial charge is 0.481 e. The van der Waals surface area contributed by atoms with Crippen LogP contribution in [0.2, 0.25) is 0 Å². The van der Waals surface area contributed by atoms with E-state index in [9.17, 15) is 28.8 Å². The Morgan fingerprint density at radius 1 is 0.682 bits per heavy atom. The van der Waals surface area contributed by atoms with Gasteiger partial charge in [-0.2, -0.15) is 0 Å². The Hall–Kier alpha value is -5.24. The fraction of sp³-hybridized carbons (Fsp3) is 0.500. The first-order valence-electron chi connectivity index (χ1n) is 21.6. The van der Waals surface area contributed by atoms with Crippen molar-refractivity contribution in [2.24, 2.45) is 11.8 Å². The lowest BCUT2D eigenvalue weighted by molar-refractivity contribution is -0.273. The molecule has 0 saturated carbocycles. The average molecular weight is 992 g/mol. The number of carbonyl (C=O) groups is 6. The number of alkyl halides is 1. The van der Waals surface area contributed by atoms with Crippen LogP contribution in [0, 0.1) is 11.8 Å². The Morgan fingerprint density at radius 3 is 1.52 bits per heavy atom. The van der Waals surface area contributed by atoms with E-state index in [1.807, 2.05) is 78.9 Å². The molecule has 4 amide bonds. The Kier molecular flexibility index (Phi) is 32.0. The summed E-state index contributed by atoms with van der Waals surface area (Å²) in [6.07, 6.45) is 2.53. The summed E-state index contributed by atoms with van der Waals surface area (Å²) in [5.41, 5.74) is 3.42. The Labute approximate surface area is 396 Å². The summed E-state index contributed by atoms with van der Waals surface area (Å²) >= 11 is 2.90. The van der Waals surface area contributed by atoms with Crippen molar-refractivity contribution in [1.82, 2.24) is 9.80 Å². The molecule has 1 N–H and O–H groups in total. The molecule has 4 unspecified atom stereocenters. The predicted molar refractivity (Wildman–Crippen MR) is 248 cm³/mol. The molecule has 3 aromatic rings. The quantitative estimate of drug-likeness (QED) is 0.0285. The average Bonchev–Trinajstić information content (AvgIpc) is 3.89. The molecule has 2 fully saturated rings. The summed E-state index contributed by atoms with van der Waals surface area (Å²) in [5.74, 6) is -2.15. The molecule has 18 heteroatoms. The fourth-order valence-corrected chi connectivity index (χ4v) is 6.03. The second-order valence-corrected chi connectivity index (χ2v) is 15.2. The van der Waals surface area contributed by atoms with E-state index in [0.29, 0.717) is 51.9 Å². The van der Waals surface area contributed by atoms with Gasteiger partial charge in [0.2, 0.25) is 11.8 Å². The third-order valence-corrected chi connectivity index (χ3v) is 9.96. The Morgan fingerprint density at radius 2 is 1.12 bits per heavy atom.